The Morgan fingerprint density at radius 1 is 1.09 bits per heavy atom. The molecule has 0 spiro atoms. The summed E-state index contributed by atoms with van der Waals surface area (Å²) in [6.07, 6.45) is 2.13. The maximum Gasteiger partial charge on any atom is 0.285 e. The number of hydrogen-bond acceptors (Lipinski definition) is 3. The minimum Gasteiger partial charge on any atom is -0.348 e. The van der Waals surface area contributed by atoms with E-state index in [-0.39, 0.29) is 0 Å². The lowest BCUT2D eigenvalue weighted by Crippen LogP contribution is -2.32. The van der Waals surface area contributed by atoms with Gasteiger partial charge in [-0.05, 0) is 42.7 Å². The van der Waals surface area contributed by atoms with E-state index in [2.05, 4.69) is 9.30 Å². The third-order valence-corrected chi connectivity index (χ3v) is 5.72. The highest BCUT2D eigenvalue weighted by Crippen LogP contribution is 2.35. The van der Waals surface area contributed by atoms with Crippen LogP contribution in [0.25, 0.3) is 0 Å². The van der Waals surface area contributed by atoms with Crippen LogP contribution in [0, 0.1) is 0 Å². The van der Waals surface area contributed by atoms with Gasteiger partial charge in [-0.1, -0.05) is 35.9 Å². The second kappa shape index (κ2) is 5.35. The monoisotopic (exact) mass is 346 g/mol. The predicted octanol–water partition coefficient (Wildman–Crippen LogP) is 3.45. The lowest BCUT2D eigenvalue weighted by molar-refractivity contribution is 0.404. The van der Waals surface area contributed by atoms with Gasteiger partial charge in [0.1, 0.15) is 4.90 Å². The van der Waals surface area contributed by atoms with Crippen LogP contribution in [-0.2, 0) is 16.6 Å². The van der Waals surface area contributed by atoms with E-state index in [4.69, 9.17) is 11.6 Å². The molecule has 1 aliphatic carbocycles. The Bertz CT molecular complexity index is 887. The minimum absolute atomic E-state index is 0.303. The van der Waals surface area contributed by atoms with Crippen molar-refractivity contribution in [3.63, 3.8) is 0 Å². The van der Waals surface area contributed by atoms with Crippen molar-refractivity contribution in [2.75, 3.05) is 0 Å². The summed E-state index contributed by atoms with van der Waals surface area (Å²) in [5.41, 5.74) is 1.79. The largest absolute Gasteiger partial charge is 0.348 e. The Morgan fingerprint density at radius 2 is 1.78 bits per heavy atom. The highest BCUT2D eigenvalue weighted by atomic mass is 35.5. The van der Waals surface area contributed by atoms with Crippen LogP contribution in [0.5, 0.6) is 0 Å². The standard InChI is InChI=1S/C17H15ClN2O2S/c18-13-7-5-12(6-8-13)11-20(14-9-10-14)17-15-3-1-2-4-16(15)23(21,22)19-17/h1-8,14H,9-11H2. The Balaban J connectivity index is 1.73. The van der Waals surface area contributed by atoms with Crippen LogP contribution in [-0.4, -0.2) is 25.2 Å². The van der Waals surface area contributed by atoms with E-state index < -0.39 is 10.0 Å². The molecule has 0 amide bonds. The average molecular weight is 347 g/mol. The van der Waals surface area contributed by atoms with Crippen LogP contribution in [0.4, 0.5) is 0 Å². The minimum atomic E-state index is -3.58. The highest BCUT2D eigenvalue weighted by Gasteiger charge is 2.38. The van der Waals surface area contributed by atoms with Gasteiger partial charge in [0.15, 0.2) is 5.84 Å². The van der Waals surface area contributed by atoms with E-state index in [1.54, 1.807) is 12.1 Å². The molecular weight excluding hydrogens is 332 g/mol. The molecule has 1 saturated carbocycles. The van der Waals surface area contributed by atoms with E-state index in [0.29, 0.717) is 33.9 Å². The molecule has 1 heterocycles. The van der Waals surface area contributed by atoms with Gasteiger partial charge in [0.25, 0.3) is 10.0 Å². The molecule has 0 saturated heterocycles. The Hall–Kier alpha value is -1.85. The molecule has 4 nitrogen and oxygen atoms in total. The predicted molar refractivity (Wildman–Crippen MR) is 90.2 cm³/mol. The summed E-state index contributed by atoms with van der Waals surface area (Å²) in [5.74, 6) is 0.568. The quantitative estimate of drug-likeness (QED) is 0.855. The summed E-state index contributed by atoms with van der Waals surface area (Å²) in [6.45, 7) is 0.629. The summed E-state index contributed by atoms with van der Waals surface area (Å²) in [7, 11) is -3.58. The van der Waals surface area contributed by atoms with Crippen molar-refractivity contribution in [1.82, 2.24) is 4.90 Å². The van der Waals surface area contributed by atoms with Gasteiger partial charge < -0.3 is 4.90 Å². The zero-order valence-corrected chi connectivity index (χ0v) is 13.9. The van der Waals surface area contributed by atoms with E-state index in [9.17, 15) is 8.42 Å². The fourth-order valence-corrected chi connectivity index (χ4v) is 4.19. The smallest absolute Gasteiger partial charge is 0.285 e. The summed E-state index contributed by atoms with van der Waals surface area (Å²) in [6, 6.07) is 15.0. The molecular formula is C17H15ClN2O2S. The second-order valence-corrected chi connectivity index (χ2v) is 7.88. The SMILES string of the molecule is O=S1(=O)N=C(N(Cc2ccc(Cl)cc2)C2CC2)c2ccccc21. The molecule has 0 aromatic heterocycles. The fraction of sp³-hybridized carbons (Fsp3) is 0.235. The van der Waals surface area contributed by atoms with Gasteiger partial charge in [-0.15, -0.1) is 4.40 Å². The van der Waals surface area contributed by atoms with Crippen molar-refractivity contribution in [2.24, 2.45) is 4.40 Å². The summed E-state index contributed by atoms with van der Waals surface area (Å²) >= 11 is 5.94. The van der Waals surface area contributed by atoms with Gasteiger partial charge in [0.2, 0.25) is 0 Å². The normalized spacial score (nSPS) is 18.4. The number of halogens is 1. The molecule has 0 unspecified atom stereocenters. The van der Waals surface area contributed by atoms with Crippen molar-refractivity contribution in [3.8, 4) is 0 Å². The van der Waals surface area contributed by atoms with Gasteiger partial charge in [0.05, 0.1) is 0 Å². The van der Waals surface area contributed by atoms with E-state index in [0.717, 1.165) is 18.4 Å². The van der Waals surface area contributed by atoms with Gasteiger partial charge in [0, 0.05) is 23.2 Å². The van der Waals surface area contributed by atoms with Crippen molar-refractivity contribution >= 4 is 27.5 Å². The van der Waals surface area contributed by atoms with E-state index in [1.165, 1.54) is 0 Å². The molecule has 2 aromatic rings. The zero-order valence-electron chi connectivity index (χ0n) is 12.3. The molecule has 0 radical (unpaired) electrons. The summed E-state index contributed by atoms with van der Waals surface area (Å²) < 4.78 is 28.6. The molecule has 0 atom stereocenters. The van der Waals surface area contributed by atoms with E-state index >= 15 is 0 Å². The number of nitrogens with zero attached hydrogens (tertiary/aromatic N) is 2. The van der Waals surface area contributed by atoms with Crippen LogP contribution in [0.3, 0.4) is 0 Å². The number of rotatable bonds is 3. The topological polar surface area (TPSA) is 49.7 Å². The summed E-state index contributed by atoms with van der Waals surface area (Å²) in [5, 5.41) is 0.692. The number of benzene rings is 2. The highest BCUT2D eigenvalue weighted by molar-refractivity contribution is 7.90. The van der Waals surface area contributed by atoms with Crippen molar-refractivity contribution < 1.29 is 8.42 Å². The van der Waals surface area contributed by atoms with Gasteiger partial charge in [-0.25, -0.2) is 0 Å². The number of amidine groups is 1. The number of hydrogen-bond donors (Lipinski definition) is 0. The van der Waals surface area contributed by atoms with Gasteiger partial charge in [-0.2, -0.15) is 8.42 Å². The molecule has 6 heteroatoms. The molecule has 2 aliphatic rings. The van der Waals surface area contributed by atoms with Crippen LogP contribution in [0.2, 0.25) is 5.02 Å². The Morgan fingerprint density at radius 3 is 2.48 bits per heavy atom. The summed E-state index contributed by atoms with van der Waals surface area (Å²) in [4.78, 5) is 2.41. The molecule has 1 aliphatic heterocycles. The molecule has 0 N–H and O–H groups in total. The van der Waals surface area contributed by atoms with E-state index in [1.807, 2.05) is 36.4 Å². The maximum atomic E-state index is 12.3. The lowest BCUT2D eigenvalue weighted by atomic mass is 10.1. The van der Waals surface area contributed by atoms with Crippen LogP contribution >= 0.6 is 11.6 Å². The average Bonchev–Trinajstić information content (AvgIpc) is 3.33. The fourth-order valence-electron chi connectivity index (χ4n) is 2.85. The lowest BCUT2D eigenvalue weighted by Gasteiger charge is -2.24. The van der Waals surface area contributed by atoms with Crippen molar-refractivity contribution in [3.05, 3.63) is 64.7 Å². The Labute approximate surface area is 140 Å². The van der Waals surface area contributed by atoms with Crippen LogP contribution < -0.4 is 0 Å². The second-order valence-electron chi connectivity index (χ2n) is 5.87. The number of fused-ring (bicyclic) bond motifs is 1. The van der Waals surface area contributed by atoms with Crippen molar-refractivity contribution in [1.29, 1.82) is 0 Å². The molecule has 118 valence electrons. The van der Waals surface area contributed by atoms with Crippen molar-refractivity contribution in [2.45, 2.75) is 30.3 Å². The van der Waals surface area contributed by atoms with Crippen LogP contribution in [0.1, 0.15) is 24.0 Å². The van der Waals surface area contributed by atoms with Crippen LogP contribution in [0.15, 0.2) is 57.8 Å². The molecule has 4 rings (SSSR count). The molecule has 1 fully saturated rings. The van der Waals surface area contributed by atoms with Gasteiger partial charge in [-0.3, -0.25) is 0 Å². The Kier molecular flexibility index (Phi) is 3.43. The zero-order chi connectivity index (χ0) is 16.0. The first-order valence-electron chi connectivity index (χ1n) is 7.50. The third-order valence-electron chi connectivity index (χ3n) is 4.14. The molecule has 2 aromatic carbocycles. The molecule has 23 heavy (non-hydrogen) atoms. The van der Waals surface area contributed by atoms with Gasteiger partial charge >= 0.3 is 0 Å². The first-order valence-corrected chi connectivity index (χ1v) is 9.32. The number of sulfonamides is 1. The molecule has 0 bridgehead atoms. The third kappa shape index (κ3) is 2.75. The maximum absolute atomic E-state index is 12.3. The first-order chi connectivity index (χ1) is 11.0. The first kappa shape index (κ1) is 14.7.